The molecule has 26 heavy (non-hydrogen) atoms. The van der Waals surface area contributed by atoms with Crippen molar-refractivity contribution in [3.8, 4) is 5.75 Å². The molecule has 1 fully saturated rings. The van der Waals surface area contributed by atoms with Gasteiger partial charge in [0.1, 0.15) is 11.4 Å². The molecule has 0 aliphatic carbocycles. The van der Waals surface area contributed by atoms with Crippen LogP contribution in [0.25, 0.3) is 21.9 Å². The van der Waals surface area contributed by atoms with Gasteiger partial charge in [-0.25, -0.2) is 4.39 Å². The van der Waals surface area contributed by atoms with E-state index in [4.69, 9.17) is 9.15 Å². The average molecular weight is 355 g/mol. The number of aryl methyl sites for hydroxylation is 1. The molecule has 1 aliphatic heterocycles. The Hall–Kier alpha value is -2.40. The second-order valence-corrected chi connectivity index (χ2v) is 7.13. The van der Waals surface area contributed by atoms with E-state index in [2.05, 4.69) is 11.9 Å². The quantitative estimate of drug-likeness (QED) is 0.656. The number of benzene rings is 2. The van der Waals surface area contributed by atoms with Crippen molar-refractivity contribution < 1.29 is 13.5 Å². The van der Waals surface area contributed by atoms with E-state index in [1.165, 1.54) is 31.0 Å². The van der Waals surface area contributed by atoms with Gasteiger partial charge in [0, 0.05) is 12.1 Å². The fourth-order valence-electron chi connectivity index (χ4n) is 3.79. The van der Waals surface area contributed by atoms with Gasteiger partial charge >= 0.3 is 0 Å². The average Bonchev–Trinajstić information content (AvgIpc) is 3.01. The van der Waals surface area contributed by atoms with Gasteiger partial charge in [0.15, 0.2) is 11.3 Å². The lowest BCUT2D eigenvalue weighted by atomic mass is 10.1. The van der Waals surface area contributed by atoms with E-state index in [1.807, 2.05) is 13.0 Å². The molecule has 136 valence electrons. The third-order valence-electron chi connectivity index (χ3n) is 5.22. The standard InChI is InChI=1S/C21H22FNO3/c1-13-10-17-20(24)16-6-5-14(22)12-18(16)26-21(17)19(11-13)25-9-7-15-4-3-8-23(15)2/h5-6,10-12,15H,3-4,7-9H2,1-2H3. The summed E-state index contributed by atoms with van der Waals surface area (Å²) in [7, 11) is 2.14. The molecule has 0 amide bonds. The maximum atomic E-state index is 13.5. The highest BCUT2D eigenvalue weighted by Crippen LogP contribution is 2.29. The van der Waals surface area contributed by atoms with Crippen LogP contribution < -0.4 is 10.2 Å². The maximum absolute atomic E-state index is 13.5. The summed E-state index contributed by atoms with van der Waals surface area (Å²) in [6, 6.07) is 8.18. The smallest absolute Gasteiger partial charge is 0.200 e. The monoisotopic (exact) mass is 355 g/mol. The summed E-state index contributed by atoms with van der Waals surface area (Å²) in [6.45, 7) is 3.61. The largest absolute Gasteiger partial charge is 0.490 e. The van der Waals surface area contributed by atoms with Crippen LogP contribution in [0.1, 0.15) is 24.8 Å². The number of fused-ring (bicyclic) bond motifs is 2. The van der Waals surface area contributed by atoms with Gasteiger partial charge in [-0.05, 0) is 69.6 Å². The predicted octanol–water partition coefficient (Wildman–Crippen LogP) is 4.26. The molecule has 2 aromatic carbocycles. The number of hydrogen-bond donors (Lipinski definition) is 0. The molecule has 4 rings (SSSR count). The van der Waals surface area contributed by atoms with Crippen LogP contribution in [0.5, 0.6) is 5.75 Å². The first-order valence-corrected chi connectivity index (χ1v) is 9.03. The Labute approximate surface area is 151 Å². The van der Waals surface area contributed by atoms with Crippen LogP contribution in [0, 0.1) is 12.7 Å². The molecular formula is C21H22FNO3. The fourth-order valence-corrected chi connectivity index (χ4v) is 3.79. The third-order valence-corrected chi connectivity index (χ3v) is 5.22. The van der Waals surface area contributed by atoms with E-state index < -0.39 is 5.82 Å². The van der Waals surface area contributed by atoms with Crippen molar-refractivity contribution in [3.63, 3.8) is 0 Å². The van der Waals surface area contributed by atoms with Crippen molar-refractivity contribution >= 4 is 21.9 Å². The van der Waals surface area contributed by atoms with Crippen LogP contribution >= 0.6 is 0 Å². The molecule has 0 radical (unpaired) electrons. The van der Waals surface area contributed by atoms with Crippen molar-refractivity contribution in [2.24, 2.45) is 0 Å². The van der Waals surface area contributed by atoms with E-state index in [0.717, 1.165) is 18.5 Å². The molecule has 1 atom stereocenters. The molecular weight excluding hydrogens is 333 g/mol. The number of hydrogen-bond acceptors (Lipinski definition) is 4. The molecule has 0 N–H and O–H groups in total. The number of rotatable bonds is 4. The summed E-state index contributed by atoms with van der Waals surface area (Å²) >= 11 is 0. The zero-order valence-corrected chi connectivity index (χ0v) is 15.0. The van der Waals surface area contributed by atoms with Crippen molar-refractivity contribution in [1.82, 2.24) is 4.90 Å². The Morgan fingerprint density at radius 1 is 1.27 bits per heavy atom. The summed E-state index contributed by atoms with van der Waals surface area (Å²) in [5, 5.41) is 0.847. The van der Waals surface area contributed by atoms with E-state index >= 15 is 0 Å². The van der Waals surface area contributed by atoms with Crippen molar-refractivity contribution in [3.05, 3.63) is 51.9 Å². The lowest BCUT2D eigenvalue weighted by Gasteiger charge is -2.19. The van der Waals surface area contributed by atoms with Gasteiger partial charge in [-0.1, -0.05) is 0 Å². The van der Waals surface area contributed by atoms with E-state index in [1.54, 1.807) is 6.07 Å². The molecule has 5 heteroatoms. The molecule has 1 aliphatic rings. The Balaban J connectivity index is 1.71. The topological polar surface area (TPSA) is 42.7 Å². The predicted molar refractivity (Wildman–Crippen MR) is 100 cm³/mol. The molecule has 0 spiro atoms. The number of ether oxygens (including phenoxy) is 1. The highest BCUT2D eigenvalue weighted by molar-refractivity contribution is 5.92. The van der Waals surface area contributed by atoms with E-state index in [-0.39, 0.29) is 11.0 Å². The lowest BCUT2D eigenvalue weighted by molar-refractivity contribution is 0.233. The summed E-state index contributed by atoms with van der Waals surface area (Å²) in [6.07, 6.45) is 3.34. The highest BCUT2D eigenvalue weighted by Gasteiger charge is 2.21. The van der Waals surface area contributed by atoms with E-state index in [9.17, 15) is 9.18 Å². The second-order valence-electron chi connectivity index (χ2n) is 7.13. The molecule has 3 aromatic rings. The second kappa shape index (κ2) is 6.72. The van der Waals surface area contributed by atoms with Crippen molar-refractivity contribution in [2.45, 2.75) is 32.2 Å². The summed E-state index contributed by atoms with van der Waals surface area (Å²) in [5.41, 5.74) is 1.40. The minimum atomic E-state index is -0.432. The normalized spacial score (nSPS) is 18.0. The molecule has 0 bridgehead atoms. The van der Waals surface area contributed by atoms with Gasteiger partial charge in [0.2, 0.25) is 5.43 Å². The SMILES string of the molecule is Cc1cc(OCCC2CCCN2C)c2oc3cc(F)ccc3c(=O)c2c1. The number of halogens is 1. The maximum Gasteiger partial charge on any atom is 0.200 e. The van der Waals surface area contributed by atoms with Crippen molar-refractivity contribution in [1.29, 1.82) is 0 Å². The highest BCUT2D eigenvalue weighted by atomic mass is 19.1. The molecule has 1 aromatic heterocycles. The van der Waals surface area contributed by atoms with Crippen LogP contribution in [0.4, 0.5) is 4.39 Å². The molecule has 0 saturated carbocycles. The van der Waals surface area contributed by atoms with Crippen LogP contribution in [-0.4, -0.2) is 31.1 Å². The fraction of sp³-hybridized carbons (Fsp3) is 0.381. The summed E-state index contributed by atoms with van der Waals surface area (Å²) in [4.78, 5) is 15.1. The first kappa shape index (κ1) is 17.0. The van der Waals surface area contributed by atoms with Gasteiger partial charge in [-0.2, -0.15) is 0 Å². The van der Waals surface area contributed by atoms with Crippen LogP contribution in [0.2, 0.25) is 0 Å². The van der Waals surface area contributed by atoms with Gasteiger partial charge in [-0.15, -0.1) is 0 Å². The van der Waals surface area contributed by atoms with Crippen LogP contribution in [0.15, 0.2) is 39.5 Å². The Morgan fingerprint density at radius 3 is 2.88 bits per heavy atom. The number of likely N-dealkylation sites (tertiary alicyclic amines) is 1. The van der Waals surface area contributed by atoms with Crippen LogP contribution in [-0.2, 0) is 0 Å². The summed E-state index contributed by atoms with van der Waals surface area (Å²) < 4.78 is 25.4. The zero-order chi connectivity index (χ0) is 18.3. The van der Waals surface area contributed by atoms with E-state index in [0.29, 0.717) is 34.8 Å². The Morgan fingerprint density at radius 2 is 2.12 bits per heavy atom. The molecule has 1 unspecified atom stereocenters. The third kappa shape index (κ3) is 3.07. The minimum Gasteiger partial charge on any atom is -0.490 e. The molecule has 1 saturated heterocycles. The van der Waals surface area contributed by atoms with Gasteiger partial charge in [0.25, 0.3) is 0 Å². The number of nitrogens with zero attached hydrogens (tertiary/aromatic N) is 1. The zero-order valence-electron chi connectivity index (χ0n) is 15.0. The van der Waals surface area contributed by atoms with Crippen LogP contribution in [0.3, 0.4) is 0 Å². The minimum absolute atomic E-state index is 0.162. The summed E-state index contributed by atoms with van der Waals surface area (Å²) in [5.74, 6) is 0.114. The first-order valence-electron chi connectivity index (χ1n) is 9.03. The van der Waals surface area contributed by atoms with Gasteiger partial charge < -0.3 is 14.1 Å². The Kier molecular flexibility index (Phi) is 4.41. The lowest BCUT2D eigenvalue weighted by Crippen LogP contribution is -2.26. The van der Waals surface area contributed by atoms with Gasteiger partial charge in [0.05, 0.1) is 17.4 Å². The van der Waals surface area contributed by atoms with Crippen molar-refractivity contribution in [2.75, 3.05) is 20.2 Å². The molecule has 2 heterocycles. The molecule has 4 nitrogen and oxygen atoms in total. The Bertz CT molecular complexity index is 1030. The van der Waals surface area contributed by atoms with Gasteiger partial charge in [-0.3, -0.25) is 4.79 Å². The first-order chi connectivity index (χ1) is 12.5.